The number of piperidine rings is 1. The normalized spacial score (nSPS) is 17.5. The Hall–Kier alpha value is -2.54. The lowest BCUT2D eigenvalue weighted by atomic mass is 9.95. The number of carbonyl (C=O) groups is 2. The van der Waals surface area contributed by atoms with E-state index in [-0.39, 0.29) is 18.0 Å². The number of carbonyl (C=O) groups excluding carboxylic acids is 2. The summed E-state index contributed by atoms with van der Waals surface area (Å²) in [5.74, 6) is 0.662. The van der Waals surface area contributed by atoms with Gasteiger partial charge in [-0.3, -0.25) is 4.79 Å². The van der Waals surface area contributed by atoms with Crippen LogP contribution in [0.5, 0.6) is 0 Å². The number of halogens is 1. The number of hydrogen-bond donors (Lipinski definition) is 3. The molecule has 2 aromatic carbocycles. The lowest BCUT2D eigenvalue weighted by Gasteiger charge is -2.34. The largest absolute Gasteiger partial charge is 0.371 e. The molecule has 0 aromatic heterocycles. The van der Waals surface area contributed by atoms with Crippen molar-refractivity contribution in [2.45, 2.75) is 57.9 Å². The first-order chi connectivity index (χ1) is 16.0. The van der Waals surface area contributed by atoms with Crippen molar-refractivity contribution < 1.29 is 9.59 Å². The third-order valence-electron chi connectivity index (χ3n) is 6.65. The zero-order chi connectivity index (χ0) is 23.2. The molecule has 7 heteroatoms. The average Bonchev–Trinajstić information content (AvgIpc) is 2.80. The number of urea groups is 1. The minimum absolute atomic E-state index is 0.0495. The van der Waals surface area contributed by atoms with Gasteiger partial charge in [-0.25, -0.2) is 4.79 Å². The van der Waals surface area contributed by atoms with Crippen LogP contribution in [0.3, 0.4) is 0 Å². The fraction of sp³-hybridized carbons (Fsp3) is 0.462. The van der Waals surface area contributed by atoms with E-state index < -0.39 is 0 Å². The first-order valence-electron chi connectivity index (χ1n) is 12.0. The summed E-state index contributed by atoms with van der Waals surface area (Å²) >= 11 is 3.41. The summed E-state index contributed by atoms with van der Waals surface area (Å²) in [6.07, 6.45) is 7.90. The summed E-state index contributed by atoms with van der Waals surface area (Å²) in [7, 11) is 0. The second kappa shape index (κ2) is 11.1. The first kappa shape index (κ1) is 23.6. The minimum atomic E-state index is -0.341. The van der Waals surface area contributed by atoms with Crippen molar-refractivity contribution in [2.75, 3.05) is 28.6 Å². The number of nitrogens with zero attached hydrogens (tertiary/aromatic N) is 1. The molecule has 6 nitrogen and oxygen atoms in total. The van der Waals surface area contributed by atoms with Gasteiger partial charge < -0.3 is 20.9 Å². The van der Waals surface area contributed by atoms with Crippen molar-refractivity contribution in [1.29, 1.82) is 0 Å². The van der Waals surface area contributed by atoms with E-state index in [0.717, 1.165) is 48.9 Å². The van der Waals surface area contributed by atoms with Gasteiger partial charge in [-0.1, -0.05) is 48.2 Å². The highest BCUT2D eigenvalue weighted by Crippen LogP contribution is 2.29. The molecule has 0 spiro atoms. The van der Waals surface area contributed by atoms with E-state index in [0.29, 0.717) is 22.9 Å². The Morgan fingerprint density at radius 1 is 0.909 bits per heavy atom. The van der Waals surface area contributed by atoms with E-state index in [1.807, 2.05) is 42.5 Å². The van der Waals surface area contributed by atoms with Crippen molar-refractivity contribution in [2.24, 2.45) is 5.92 Å². The van der Waals surface area contributed by atoms with Crippen LogP contribution in [-0.4, -0.2) is 31.1 Å². The summed E-state index contributed by atoms with van der Waals surface area (Å²) in [5.41, 5.74) is 2.88. The van der Waals surface area contributed by atoms with Crippen LogP contribution < -0.4 is 20.9 Å². The van der Waals surface area contributed by atoms with Gasteiger partial charge in [-0.15, -0.1) is 0 Å². The molecule has 3 N–H and O–H groups in total. The molecule has 1 aliphatic heterocycles. The molecule has 0 atom stereocenters. The number of hydrogen-bond acceptors (Lipinski definition) is 3. The Balaban J connectivity index is 1.52. The summed E-state index contributed by atoms with van der Waals surface area (Å²) in [4.78, 5) is 28.2. The highest BCUT2D eigenvalue weighted by Gasteiger charge is 2.24. The Morgan fingerprint density at radius 2 is 1.61 bits per heavy atom. The fourth-order valence-electron chi connectivity index (χ4n) is 4.69. The second-order valence-corrected chi connectivity index (χ2v) is 10.2. The molecule has 2 fully saturated rings. The van der Waals surface area contributed by atoms with Crippen molar-refractivity contribution in [1.82, 2.24) is 5.32 Å². The van der Waals surface area contributed by atoms with Crippen LogP contribution in [0.2, 0.25) is 0 Å². The number of rotatable bonds is 5. The van der Waals surface area contributed by atoms with Gasteiger partial charge >= 0.3 is 6.03 Å². The van der Waals surface area contributed by atoms with Gasteiger partial charge in [0.1, 0.15) is 0 Å². The van der Waals surface area contributed by atoms with E-state index in [2.05, 4.69) is 43.7 Å². The van der Waals surface area contributed by atoms with Crippen LogP contribution in [0.15, 0.2) is 46.9 Å². The maximum Gasteiger partial charge on any atom is 0.323 e. The maximum atomic E-state index is 13.3. The number of anilines is 3. The molecule has 2 aromatic rings. The standard InChI is InChI=1S/C26H33BrN4O2/c1-18-12-14-31(15-13-18)24-11-10-22(30-26(33)29-21-9-5-6-19(27)16-21)17-23(24)25(32)28-20-7-3-2-4-8-20/h5-6,9-11,16-18,20H,2-4,7-8,12-15H2,1H3,(H,28,32)(H2,29,30,33). The zero-order valence-electron chi connectivity index (χ0n) is 19.2. The summed E-state index contributed by atoms with van der Waals surface area (Å²) < 4.78 is 0.891. The lowest BCUT2D eigenvalue weighted by Crippen LogP contribution is -2.38. The van der Waals surface area contributed by atoms with Gasteiger partial charge in [0.05, 0.1) is 5.56 Å². The van der Waals surface area contributed by atoms with E-state index in [1.54, 1.807) is 0 Å². The summed E-state index contributed by atoms with van der Waals surface area (Å²) in [6.45, 7) is 4.17. The van der Waals surface area contributed by atoms with Crippen molar-refractivity contribution in [3.05, 3.63) is 52.5 Å². The lowest BCUT2D eigenvalue weighted by molar-refractivity contribution is 0.0928. The Bertz CT molecular complexity index is 982. The summed E-state index contributed by atoms with van der Waals surface area (Å²) in [6, 6.07) is 13.0. The molecule has 176 valence electrons. The second-order valence-electron chi connectivity index (χ2n) is 9.30. The monoisotopic (exact) mass is 512 g/mol. The van der Waals surface area contributed by atoms with Gasteiger partial charge in [0.2, 0.25) is 0 Å². The maximum absolute atomic E-state index is 13.3. The van der Waals surface area contributed by atoms with Gasteiger partial charge in [0.15, 0.2) is 0 Å². The highest BCUT2D eigenvalue weighted by molar-refractivity contribution is 9.10. The molecular formula is C26H33BrN4O2. The highest BCUT2D eigenvalue weighted by atomic mass is 79.9. The fourth-order valence-corrected chi connectivity index (χ4v) is 5.09. The molecule has 0 radical (unpaired) electrons. The Kier molecular flexibility index (Phi) is 7.91. The molecule has 1 heterocycles. The predicted molar refractivity (Wildman–Crippen MR) is 138 cm³/mol. The van der Waals surface area contributed by atoms with Gasteiger partial charge in [0.25, 0.3) is 5.91 Å². The number of benzene rings is 2. The molecule has 3 amide bonds. The molecule has 4 rings (SSSR count). The third-order valence-corrected chi connectivity index (χ3v) is 7.14. The number of nitrogens with one attached hydrogen (secondary N) is 3. The van der Waals surface area contributed by atoms with Crippen LogP contribution in [0.25, 0.3) is 0 Å². The minimum Gasteiger partial charge on any atom is -0.371 e. The van der Waals surface area contributed by atoms with E-state index in [1.165, 1.54) is 19.3 Å². The molecule has 1 saturated heterocycles. The predicted octanol–water partition coefficient (Wildman–Crippen LogP) is 6.39. The molecular weight excluding hydrogens is 480 g/mol. The zero-order valence-corrected chi connectivity index (χ0v) is 20.8. The Labute approximate surface area is 204 Å². The van der Waals surface area contributed by atoms with Crippen molar-refractivity contribution in [3.8, 4) is 0 Å². The average molecular weight is 513 g/mol. The SMILES string of the molecule is CC1CCN(c2ccc(NC(=O)Nc3cccc(Br)c3)cc2C(=O)NC2CCCCC2)CC1. The summed E-state index contributed by atoms with van der Waals surface area (Å²) in [5, 5.41) is 8.97. The quantitative estimate of drug-likeness (QED) is 0.434. The molecule has 33 heavy (non-hydrogen) atoms. The smallest absolute Gasteiger partial charge is 0.323 e. The molecule has 0 bridgehead atoms. The number of amides is 3. The van der Waals surface area contributed by atoms with E-state index >= 15 is 0 Å². The molecule has 1 aliphatic carbocycles. The van der Waals surface area contributed by atoms with Crippen LogP contribution in [0, 0.1) is 5.92 Å². The van der Waals surface area contributed by atoms with Crippen LogP contribution in [0.4, 0.5) is 21.9 Å². The third kappa shape index (κ3) is 6.50. The van der Waals surface area contributed by atoms with Crippen molar-refractivity contribution in [3.63, 3.8) is 0 Å². The van der Waals surface area contributed by atoms with Gasteiger partial charge in [-0.05, 0) is 68.0 Å². The van der Waals surface area contributed by atoms with Crippen LogP contribution in [-0.2, 0) is 0 Å². The van der Waals surface area contributed by atoms with E-state index in [9.17, 15) is 9.59 Å². The topological polar surface area (TPSA) is 73.5 Å². The van der Waals surface area contributed by atoms with Crippen LogP contribution >= 0.6 is 15.9 Å². The first-order valence-corrected chi connectivity index (χ1v) is 12.8. The van der Waals surface area contributed by atoms with Gasteiger partial charge in [-0.2, -0.15) is 0 Å². The van der Waals surface area contributed by atoms with Gasteiger partial charge in [0, 0.05) is 40.7 Å². The molecule has 0 unspecified atom stereocenters. The van der Waals surface area contributed by atoms with Crippen LogP contribution in [0.1, 0.15) is 62.2 Å². The van der Waals surface area contributed by atoms with E-state index in [4.69, 9.17) is 0 Å². The Morgan fingerprint density at radius 3 is 2.30 bits per heavy atom. The van der Waals surface area contributed by atoms with Crippen molar-refractivity contribution >= 4 is 44.9 Å². The molecule has 1 saturated carbocycles. The molecule has 2 aliphatic rings.